The Morgan fingerprint density at radius 3 is 1.15 bits per heavy atom. The van der Waals surface area contributed by atoms with E-state index < -0.39 is 12.1 Å². The molecule has 0 heterocycles. The number of unbranched alkanes of at least 4 members (excludes halogenated alkanes) is 39. The van der Waals surface area contributed by atoms with Crippen molar-refractivity contribution in [1.82, 2.24) is 5.32 Å². The maximum Gasteiger partial charge on any atom is 0.305 e. The fourth-order valence-electron chi connectivity index (χ4n) is 8.75. The second kappa shape index (κ2) is 52.2. The molecule has 2 unspecified atom stereocenters. The van der Waals surface area contributed by atoms with Crippen LogP contribution in [0.25, 0.3) is 0 Å². The summed E-state index contributed by atoms with van der Waals surface area (Å²) in [6.45, 7) is 4.94. The minimum atomic E-state index is -0.667. The summed E-state index contributed by atoms with van der Waals surface area (Å²) < 4.78 is 5.48. The number of hydrogen-bond donors (Lipinski definition) is 3. The highest BCUT2D eigenvalue weighted by Crippen LogP contribution is 2.17. The summed E-state index contributed by atoms with van der Waals surface area (Å²) in [6.07, 6.45) is 60.5. The minimum Gasteiger partial charge on any atom is -0.466 e. The number of ether oxygens (including phenoxy) is 1. The van der Waals surface area contributed by atoms with E-state index in [0.29, 0.717) is 25.9 Å². The average Bonchev–Trinajstić information content (AvgIpc) is 3.27. The number of hydrogen-bond acceptors (Lipinski definition) is 5. The molecule has 0 rings (SSSR count). The smallest absolute Gasteiger partial charge is 0.305 e. The number of nitrogens with one attached hydrogen (secondary N) is 1. The zero-order chi connectivity index (χ0) is 45.1. The van der Waals surface area contributed by atoms with Crippen LogP contribution in [-0.2, 0) is 14.3 Å². The molecular formula is C56H109NO5. The van der Waals surface area contributed by atoms with E-state index in [-0.39, 0.29) is 18.5 Å². The van der Waals surface area contributed by atoms with Gasteiger partial charge in [0.25, 0.3) is 0 Å². The van der Waals surface area contributed by atoms with E-state index in [1.165, 1.54) is 231 Å². The largest absolute Gasteiger partial charge is 0.466 e. The van der Waals surface area contributed by atoms with E-state index >= 15 is 0 Å². The van der Waals surface area contributed by atoms with Crippen LogP contribution in [-0.4, -0.2) is 47.4 Å². The van der Waals surface area contributed by atoms with Crippen molar-refractivity contribution >= 4 is 11.9 Å². The Balaban J connectivity index is 3.40. The summed E-state index contributed by atoms with van der Waals surface area (Å²) >= 11 is 0. The normalized spacial score (nSPS) is 12.6. The quantitative estimate of drug-likeness (QED) is 0.0321. The molecule has 0 radical (unpaired) electrons. The summed E-state index contributed by atoms with van der Waals surface area (Å²) in [4.78, 5) is 24.5. The van der Waals surface area contributed by atoms with Crippen LogP contribution in [0.2, 0.25) is 0 Å². The maximum absolute atomic E-state index is 12.4. The molecule has 0 aliphatic heterocycles. The molecule has 0 fully saturated rings. The molecule has 368 valence electrons. The first-order valence-corrected chi connectivity index (χ1v) is 27.9. The van der Waals surface area contributed by atoms with Crippen molar-refractivity contribution in [3.63, 3.8) is 0 Å². The van der Waals surface area contributed by atoms with Gasteiger partial charge in [-0.3, -0.25) is 9.59 Å². The van der Waals surface area contributed by atoms with Crippen LogP contribution >= 0.6 is 0 Å². The van der Waals surface area contributed by atoms with Crippen LogP contribution in [0.1, 0.15) is 309 Å². The summed E-state index contributed by atoms with van der Waals surface area (Å²) in [5, 5.41) is 23.2. The second-order valence-electron chi connectivity index (χ2n) is 19.3. The summed E-state index contributed by atoms with van der Waals surface area (Å²) in [7, 11) is 0. The molecule has 0 aliphatic rings. The standard InChI is InChI=1S/C56H109NO5/c1-3-5-7-9-11-13-15-17-18-19-23-26-30-34-38-42-46-50-56(61)62-51-47-43-39-35-31-27-24-21-20-22-25-29-33-37-41-45-49-55(60)57-53(52-58)54(59)48-44-40-36-32-28-16-14-12-10-8-6-4-2/h17-18,53-54,58-59H,3-16,19-52H2,1-2H3,(H,57,60)/b18-17-. The molecule has 3 N–H and O–H groups in total. The molecule has 0 spiro atoms. The number of amides is 1. The Kier molecular flexibility index (Phi) is 51.0. The topological polar surface area (TPSA) is 95.9 Å². The second-order valence-corrected chi connectivity index (χ2v) is 19.3. The Morgan fingerprint density at radius 2 is 0.758 bits per heavy atom. The van der Waals surface area contributed by atoms with Crippen molar-refractivity contribution in [2.45, 2.75) is 321 Å². The number of allylic oxidation sites excluding steroid dienone is 2. The predicted octanol–water partition coefficient (Wildman–Crippen LogP) is 16.9. The van der Waals surface area contributed by atoms with Gasteiger partial charge >= 0.3 is 5.97 Å². The van der Waals surface area contributed by atoms with Gasteiger partial charge in [-0.05, 0) is 51.4 Å². The van der Waals surface area contributed by atoms with E-state index in [4.69, 9.17) is 4.74 Å². The number of rotatable bonds is 52. The highest BCUT2D eigenvalue weighted by Gasteiger charge is 2.20. The molecule has 2 atom stereocenters. The SMILES string of the molecule is CCCCCCCC/C=C\CCCCCCCCCC(=O)OCCCCCCCCCCCCCCCCCCC(=O)NC(CO)C(O)CCCCCCCCCCCCCC. The molecule has 1 amide bonds. The number of esters is 1. The predicted molar refractivity (Wildman–Crippen MR) is 269 cm³/mol. The molecular weight excluding hydrogens is 767 g/mol. The lowest BCUT2D eigenvalue weighted by molar-refractivity contribution is -0.143. The van der Waals surface area contributed by atoms with Gasteiger partial charge in [0, 0.05) is 12.8 Å². The molecule has 0 bridgehead atoms. The first-order valence-electron chi connectivity index (χ1n) is 27.9. The Hall–Kier alpha value is -1.40. The summed E-state index contributed by atoms with van der Waals surface area (Å²) in [5.41, 5.74) is 0. The lowest BCUT2D eigenvalue weighted by Gasteiger charge is -2.22. The molecule has 0 saturated heterocycles. The van der Waals surface area contributed by atoms with E-state index in [1.807, 2.05) is 0 Å². The van der Waals surface area contributed by atoms with Gasteiger partial charge in [-0.25, -0.2) is 0 Å². The van der Waals surface area contributed by atoms with Gasteiger partial charge in [0.1, 0.15) is 0 Å². The lowest BCUT2D eigenvalue weighted by Crippen LogP contribution is -2.45. The molecule has 0 aliphatic carbocycles. The van der Waals surface area contributed by atoms with E-state index in [2.05, 4.69) is 31.3 Å². The molecule has 0 aromatic carbocycles. The van der Waals surface area contributed by atoms with Crippen molar-refractivity contribution in [1.29, 1.82) is 0 Å². The van der Waals surface area contributed by atoms with Gasteiger partial charge < -0.3 is 20.3 Å². The lowest BCUT2D eigenvalue weighted by atomic mass is 10.0. The Labute approximate surface area is 387 Å². The van der Waals surface area contributed by atoms with Crippen molar-refractivity contribution < 1.29 is 24.5 Å². The highest BCUT2D eigenvalue weighted by molar-refractivity contribution is 5.76. The number of carbonyl (C=O) groups excluding carboxylic acids is 2. The molecule has 0 saturated carbocycles. The third-order valence-corrected chi connectivity index (χ3v) is 13.1. The Bertz CT molecular complexity index is 924. The monoisotopic (exact) mass is 876 g/mol. The fourth-order valence-corrected chi connectivity index (χ4v) is 8.75. The van der Waals surface area contributed by atoms with Gasteiger partial charge in [0.05, 0.1) is 25.4 Å². The third kappa shape index (κ3) is 48.1. The van der Waals surface area contributed by atoms with Crippen LogP contribution in [0.5, 0.6) is 0 Å². The molecule has 6 nitrogen and oxygen atoms in total. The van der Waals surface area contributed by atoms with Crippen molar-refractivity contribution in [2.24, 2.45) is 0 Å². The van der Waals surface area contributed by atoms with Gasteiger partial charge in [0.15, 0.2) is 0 Å². The minimum absolute atomic E-state index is 0.000217. The molecule has 62 heavy (non-hydrogen) atoms. The van der Waals surface area contributed by atoms with Gasteiger partial charge in [0.2, 0.25) is 5.91 Å². The number of aliphatic hydroxyl groups excluding tert-OH is 2. The third-order valence-electron chi connectivity index (χ3n) is 13.1. The van der Waals surface area contributed by atoms with Crippen LogP contribution in [0.3, 0.4) is 0 Å². The highest BCUT2D eigenvalue weighted by atomic mass is 16.5. The zero-order valence-corrected chi connectivity index (χ0v) is 41.9. The van der Waals surface area contributed by atoms with Crippen molar-refractivity contribution in [3.8, 4) is 0 Å². The van der Waals surface area contributed by atoms with Gasteiger partial charge in [-0.2, -0.15) is 0 Å². The van der Waals surface area contributed by atoms with Crippen LogP contribution in [0.15, 0.2) is 12.2 Å². The van der Waals surface area contributed by atoms with E-state index in [1.54, 1.807) is 0 Å². The van der Waals surface area contributed by atoms with E-state index in [9.17, 15) is 19.8 Å². The molecule has 0 aromatic heterocycles. The first-order chi connectivity index (χ1) is 30.5. The maximum atomic E-state index is 12.4. The number of aliphatic hydroxyl groups is 2. The van der Waals surface area contributed by atoms with Gasteiger partial charge in [-0.1, -0.05) is 257 Å². The average molecular weight is 876 g/mol. The van der Waals surface area contributed by atoms with Crippen LogP contribution < -0.4 is 5.32 Å². The molecule has 0 aromatic rings. The van der Waals surface area contributed by atoms with Gasteiger partial charge in [-0.15, -0.1) is 0 Å². The summed E-state index contributed by atoms with van der Waals surface area (Å²) in [5.74, 6) is -0.0412. The summed E-state index contributed by atoms with van der Waals surface area (Å²) in [6, 6.07) is -0.545. The van der Waals surface area contributed by atoms with Crippen LogP contribution in [0.4, 0.5) is 0 Å². The zero-order valence-electron chi connectivity index (χ0n) is 41.9. The first kappa shape index (κ1) is 60.6. The van der Waals surface area contributed by atoms with Crippen LogP contribution in [0, 0.1) is 0 Å². The Morgan fingerprint density at radius 1 is 0.435 bits per heavy atom. The van der Waals surface area contributed by atoms with Crippen molar-refractivity contribution in [3.05, 3.63) is 12.2 Å². The van der Waals surface area contributed by atoms with Crippen molar-refractivity contribution in [2.75, 3.05) is 13.2 Å². The number of carbonyl (C=O) groups is 2. The molecule has 6 heteroatoms. The fraction of sp³-hybridized carbons (Fsp3) is 0.929. The van der Waals surface area contributed by atoms with E-state index in [0.717, 1.165) is 44.9 Å².